The highest BCUT2D eigenvalue weighted by molar-refractivity contribution is 9.10. The summed E-state index contributed by atoms with van der Waals surface area (Å²) in [6.07, 6.45) is 1.67. The number of carbonyl (C=O) groups excluding carboxylic acids is 1. The van der Waals surface area contributed by atoms with Crippen LogP contribution in [-0.2, 0) is 4.74 Å². The molecule has 23 heavy (non-hydrogen) atoms. The van der Waals surface area contributed by atoms with Crippen LogP contribution in [0.15, 0.2) is 41.0 Å². The van der Waals surface area contributed by atoms with Crippen LogP contribution >= 0.6 is 27.5 Å². The number of hydrogen-bond acceptors (Lipinski definition) is 5. The molecule has 1 aliphatic heterocycles. The van der Waals surface area contributed by atoms with E-state index in [1.807, 2.05) is 4.90 Å². The minimum atomic E-state index is -0.456. The van der Waals surface area contributed by atoms with Crippen LogP contribution in [0.5, 0.6) is 5.75 Å². The Morgan fingerprint density at radius 3 is 2.83 bits per heavy atom. The van der Waals surface area contributed by atoms with Gasteiger partial charge in [-0.3, -0.25) is 0 Å². The number of carbonyl (C=O) groups is 1. The fourth-order valence-electron chi connectivity index (χ4n) is 2.30. The maximum absolute atomic E-state index is 12.5. The van der Waals surface area contributed by atoms with Crippen LogP contribution in [0.2, 0.25) is 5.02 Å². The number of benzene rings is 1. The summed E-state index contributed by atoms with van der Waals surface area (Å²) in [5, 5.41) is 0.562. The molecule has 1 aromatic carbocycles. The predicted molar refractivity (Wildman–Crippen MR) is 91.4 cm³/mol. The fraction of sp³-hybridized carbons (Fsp3) is 0.250. The zero-order valence-electron chi connectivity index (χ0n) is 12.2. The molecule has 1 saturated heterocycles. The van der Waals surface area contributed by atoms with Crippen molar-refractivity contribution in [2.24, 2.45) is 0 Å². The van der Waals surface area contributed by atoms with Gasteiger partial charge in [0, 0.05) is 24.3 Å². The topological polar surface area (TPSA) is 51.7 Å². The molecular formula is C16H14BrClN2O3. The molecule has 120 valence electrons. The molecule has 2 aromatic rings. The molecule has 0 unspecified atom stereocenters. The SMILES string of the molecule is O=C(Oc1ccc(Cl)cc1Br)c1cccnc1N1CCOCC1. The van der Waals surface area contributed by atoms with Crippen LogP contribution in [0.4, 0.5) is 5.82 Å². The largest absolute Gasteiger partial charge is 0.422 e. The zero-order chi connectivity index (χ0) is 16.2. The number of halogens is 2. The van der Waals surface area contributed by atoms with Crippen LogP contribution in [0, 0.1) is 0 Å². The molecule has 0 N–H and O–H groups in total. The maximum atomic E-state index is 12.5. The lowest BCUT2D eigenvalue weighted by atomic mass is 10.2. The van der Waals surface area contributed by atoms with Crippen molar-refractivity contribution < 1.29 is 14.3 Å². The standard InChI is InChI=1S/C16H14BrClN2O3/c17-13-10-11(18)3-4-14(13)23-16(21)12-2-1-5-19-15(12)20-6-8-22-9-7-20/h1-5,10H,6-9H2. The third kappa shape index (κ3) is 3.83. The average molecular weight is 398 g/mol. The number of rotatable bonds is 3. The Kier molecular flexibility index (Phi) is 5.15. The van der Waals surface area contributed by atoms with E-state index in [4.69, 9.17) is 21.1 Å². The van der Waals surface area contributed by atoms with Gasteiger partial charge in [-0.2, -0.15) is 0 Å². The molecule has 7 heteroatoms. The van der Waals surface area contributed by atoms with Gasteiger partial charge in [0.15, 0.2) is 0 Å². The normalized spacial score (nSPS) is 14.6. The second-order valence-electron chi connectivity index (χ2n) is 4.94. The minimum Gasteiger partial charge on any atom is -0.422 e. The first kappa shape index (κ1) is 16.2. The third-order valence-electron chi connectivity index (χ3n) is 3.41. The van der Waals surface area contributed by atoms with Crippen LogP contribution in [-0.4, -0.2) is 37.3 Å². The number of anilines is 1. The quantitative estimate of drug-likeness (QED) is 0.585. The summed E-state index contributed by atoms with van der Waals surface area (Å²) in [7, 11) is 0. The molecule has 0 amide bonds. The molecule has 3 rings (SSSR count). The number of hydrogen-bond donors (Lipinski definition) is 0. The van der Waals surface area contributed by atoms with Crippen LogP contribution in [0.25, 0.3) is 0 Å². The lowest BCUT2D eigenvalue weighted by Gasteiger charge is -2.28. The summed E-state index contributed by atoms with van der Waals surface area (Å²) < 4.78 is 11.4. The van der Waals surface area contributed by atoms with E-state index in [0.29, 0.717) is 52.9 Å². The Balaban J connectivity index is 1.84. The Hall–Kier alpha value is -1.63. The molecule has 5 nitrogen and oxygen atoms in total. The molecule has 1 aromatic heterocycles. The predicted octanol–water partition coefficient (Wildman–Crippen LogP) is 3.55. The van der Waals surface area contributed by atoms with Crippen molar-refractivity contribution in [2.75, 3.05) is 31.2 Å². The summed E-state index contributed by atoms with van der Waals surface area (Å²) in [6, 6.07) is 8.42. The van der Waals surface area contributed by atoms with Crippen molar-refractivity contribution in [1.82, 2.24) is 4.98 Å². The van der Waals surface area contributed by atoms with Gasteiger partial charge in [0.1, 0.15) is 17.1 Å². The summed E-state index contributed by atoms with van der Waals surface area (Å²) in [5.41, 5.74) is 0.427. The van der Waals surface area contributed by atoms with Crippen LogP contribution in [0.3, 0.4) is 0 Å². The second kappa shape index (κ2) is 7.29. The Morgan fingerprint density at radius 1 is 1.30 bits per heavy atom. The lowest BCUT2D eigenvalue weighted by molar-refractivity contribution is 0.0732. The molecule has 2 heterocycles. The first-order valence-electron chi connectivity index (χ1n) is 7.10. The summed E-state index contributed by atoms with van der Waals surface area (Å²) in [4.78, 5) is 18.9. The van der Waals surface area contributed by atoms with E-state index in [1.54, 1.807) is 36.5 Å². The molecule has 0 radical (unpaired) electrons. The molecule has 0 saturated carbocycles. The number of pyridine rings is 1. The number of esters is 1. The van der Waals surface area contributed by atoms with E-state index in [0.717, 1.165) is 0 Å². The summed E-state index contributed by atoms with van der Waals surface area (Å²) in [5.74, 6) is 0.574. The van der Waals surface area contributed by atoms with Gasteiger partial charge in [-0.15, -0.1) is 0 Å². The Morgan fingerprint density at radius 2 is 2.09 bits per heavy atom. The number of aromatic nitrogens is 1. The summed E-state index contributed by atoms with van der Waals surface area (Å²) in [6.45, 7) is 2.63. The van der Waals surface area contributed by atoms with E-state index in [9.17, 15) is 4.79 Å². The number of ether oxygens (including phenoxy) is 2. The van der Waals surface area contributed by atoms with E-state index in [1.165, 1.54) is 0 Å². The Bertz CT molecular complexity index is 720. The van der Waals surface area contributed by atoms with Crippen molar-refractivity contribution in [2.45, 2.75) is 0 Å². The second-order valence-corrected chi connectivity index (χ2v) is 6.23. The smallest absolute Gasteiger partial charge is 0.347 e. The molecule has 0 bridgehead atoms. The molecule has 0 spiro atoms. The van der Waals surface area contributed by atoms with Crippen LogP contribution in [0.1, 0.15) is 10.4 Å². The van der Waals surface area contributed by atoms with E-state index < -0.39 is 5.97 Å². The molecule has 0 aliphatic carbocycles. The minimum absolute atomic E-state index is 0.413. The highest BCUT2D eigenvalue weighted by Gasteiger charge is 2.21. The lowest BCUT2D eigenvalue weighted by Crippen LogP contribution is -2.37. The fourth-order valence-corrected chi connectivity index (χ4v) is 3.06. The molecule has 1 aliphatic rings. The van der Waals surface area contributed by atoms with E-state index in [2.05, 4.69) is 20.9 Å². The van der Waals surface area contributed by atoms with E-state index in [-0.39, 0.29) is 0 Å². The van der Waals surface area contributed by atoms with Crippen LogP contribution < -0.4 is 9.64 Å². The van der Waals surface area contributed by atoms with Crippen molar-refractivity contribution in [1.29, 1.82) is 0 Å². The van der Waals surface area contributed by atoms with Crippen molar-refractivity contribution in [3.8, 4) is 5.75 Å². The highest BCUT2D eigenvalue weighted by Crippen LogP contribution is 2.29. The first-order valence-corrected chi connectivity index (χ1v) is 8.27. The Labute approximate surface area is 147 Å². The highest BCUT2D eigenvalue weighted by atomic mass is 79.9. The van der Waals surface area contributed by atoms with E-state index >= 15 is 0 Å². The van der Waals surface area contributed by atoms with Gasteiger partial charge in [-0.05, 0) is 46.3 Å². The van der Waals surface area contributed by atoms with Gasteiger partial charge in [-0.25, -0.2) is 9.78 Å². The number of morpholine rings is 1. The molecule has 1 fully saturated rings. The maximum Gasteiger partial charge on any atom is 0.347 e. The molecule has 0 atom stereocenters. The van der Waals surface area contributed by atoms with Gasteiger partial charge in [0.05, 0.1) is 17.7 Å². The monoisotopic (exact) mass is 396 g/mol. The molecular weight excluding hydrogens is 384 g/mol. The van der Waals surface area contributed by atoms with Gasteiger partial charge in [0.2, 0.25) is 0 Å². The van der Waals surface area contributed by atoms with Gasteiger partial charge in [0.25, 0.3) is 0 Å². The first-order chi connectivity index (χ1) is 11.1. The third-order valence-corrected chi connectivity index (χ3v) is 4.27. The van der Waals surface area contributed by atoms with Crippen molar-refractivity contribution >= 4 is 39.3 Å². The van der Waals surface area contributed by atoms with Crippen molar-refractivity contribution in [3.05, 3.63) is 51.6 Å². The average Bonchev–Trinajstić information content (AvgIpc) is 2.58. The van der Waals surface area contributed by atoms with Gasteiger partial charge in [-0.1, -0.05) is 11.6 Å². The summed E-state index contributed by atoms with van der Waals surface area (Å²) >= 11 is 9.24. The van der Waals surface area contributed by atoms with Gasteiger partial charge < -0.3 is 14.4 Å². The zero-order valence-corrected chi connectivity index (χ0v) is 14.5. The van der Waals surface area contributed by atoms with Crippen molar-refractivity contribution in [3.63, 3.8) is 0 Å². The number of nitrogens with zero attached hydrogens (tertiary/aromatic N) is 2. The van der Waals surface area contributed by atoms with Gasteiger partial charge >= 0.3 is 5.97 Å².